The summed E-state index contributed by atoms with van der Waals surface area (Å²) in [5, 5.41) is 0. The van der Waals surface area contributed by atoms with E-state index in [0.29, 0.717) is 11.4 Å². The normalized spacial score (nSPS) is 10.4. The number of amides is 1. The fourth-order valence-corrected chi connectivity index (χ4v) is 1.64. The van der Waals surface area contributed by atoms with Crippen LogP contribution in [0, 0.1) is 0 Å². The van der Waals surface area contributed by atoms with Crippen molar-refractivity contribution in [3.8, 4) is 0 Å². The van der Waals surface area contributed by atoms with Crippen molar-refractivity contribution in [2.75, 3.05) is 12.0 Å². The third kappa shape index (κ3) is 3.42. The van der Waals surface area contributed by atoms with Gasteiger partial charge in [-0.2, -0.15) is 0 Å². The monoisotopic (exact) mass is 236 g/mol. The smallest absolute Gasteiger partial charge is 0.254 e. The van der Waals surface area contributed by atoms with Crippen molar-refractivity contribution in [2.45, 2.75) is 33.2 Å². The van der Waals surface area contributed by atoms with Gasteiger partial charge in [-0.25, -0.2) is 10.8 Å². The number of hydrogen-bond acceptors (Lipinski definition) is 4. The quantitative estimate of drug-likeness (QED) is 0.602. The molecule has 0 radical (unpaired) electrons. The SMILES string of the molecule is CCCN(C(=O)c1ccnc(NN)c1)C(C)C. The largest absolute Gasteiger partial charge is 0.336 e. The molecule has 94 valence electrons. The lowest BCUT2D eigenvalue weighted by atomic mass is 10.2. The first-order chi connectivity index (χ1) is 8.10. The van der Waals surface area contributed by atoms with Crippen LogP contribution in [0.5, 0.6) is 0 Å². The number of aromatic nitrogens is 1. The van der Waals surface area contributed by atoms with Crippen LogP contribution < -0.4 is 11.3 Å². The van der Waals surface area contributed by atoms with Gasteiger partial charge in [-0.3, -0.25) is 4.79 Å². The second-order valence-corrected chi connectivity index (χ2v) is 4.17. The van der Waals surface area contributed by atoms with E-state index in [1.807, 2.05) is 18.7 Å². The highest BCUT2D eigenvalue weighted by atomic mass is 16.2. The molecule has 1 rings (SSSR count). The number of nitrogen functional groups attached to an aromatic ring is 1. The molecule has 0 aliphatic rings. The van der Waals surface area contributed by atoms with Gasteiger partial charge in [0.1, 0.15) is 5.82 Å². The van der Waals surface area contributed by atoms with Crippen molar-refractivity contribution in [1.29, 1.82) is 0 Å². The van der Waals surface area contributed by atoms with Crippen LogP contribution in [0.15, 0.2) is 18.3 Å². The fraction of sp³-hybridized carbons (Fsp3) is 0.500. The van der Waals surface area contributed by atoms with Crippen LogP contribution in [0.2, 0.25) is 0 Å². The van der Waals surface area contributed by atoms with Crippen molar-refractivity contribution in [1.82, 2.24) is 9.88 Å². The summed E-state index contributed by atoms with van der Waals surface area (Å²) in [5.74, 6) is 5.79. The molecule has 0 fully saturated rings. The number of nitrogens with one attached hydrogen (secondary N) is 1. The zero-order valence-electron chi connectivity index (χ0n) is 10.6. The van der Waals surface area contributed by atoms with Crippen molar-refractivity contribution >= 4 is 11.7 Å². The number of rotatable bonds is 5. The van der Waals surface area contributed by atoms with Gasteiger partial charge in [0.15, 0.2) is 0 Å². The molecule has 0 unspecified atom stereocenters. The Balaban J connectivity index is 2.92. The predicted molar refractivity (Wildman–Crippen MR) is 68.5 cm³/mol. The highest BCUT2D eigenvalue weighted by Gasteiger charge is 2.18. The zero-order chi connectivity index (χ0) is 12.8. The summed E-state index contributed by atoms with van der Waals surface area (Å²) in [7, 11) is 0. The molecule has 0 saturated heterocycles. The third-order valence-electron chi connectivity index (χ3n) is 2.50. The van der Waals surface area contributed by atoms with E-state index in [0.717, 1.165) is 13.0 Å². The molecule has 0 atom stereocenters. The van der Waals surface area contributed by atoms with Crippen LogP contribution >= 0.6 is 0 Å². The predicted octanol–water partition coefficient (Wildman–Crippen LogP) is 1.63. The minimum Gasteiger partial charge on any atom is -0.336 e. The second kappa shape index (κ2) is 6.20. The molecule has 3 N–H and O–H groups in total. The highest BCUT2D eigenvalue weighted by molar-refractivity contribution is 5.95. The minimum absolute atomic E-state index is 0.0146. The van der Waals surface area contributed by atoms with Crippen molar-refractivity contribution < 1.29 is 4.79 Å². The van der Waals surface area contributed by atoms with Crippen LogP contribution in [0.4, 0.5) is 5.82 Å². The van der Waals surface area contributed by atoms with E-state index in [4.69, 9.17) is 5.84 Å². The van der Waals surface area contributed by atoms with Gasteiger partial charge in [-0.1, -0.05) is 6.92 Å². The zero-order valence-corrected chi connectivity index (χ0v) is 10.6. The van der Waals surface area contributed by atoms with E-state index in [1.165, 1.54) is 0 Å². The molecular formula is C12H20N4O. The van der Waals surface area contributed by atoms with Gasteiger partial charge in [0, 0.05) is 24.3 Å². The van der Waals surface area contributed by atoms with Gasteiger partial charge in [0.25, 0.3) is 5.91 Å². The number of anilines is 1. The molecule has 1 aromatic rings. The van der Waals surface area contributed by atoms with Crippen LogP contribution in [-0.2, 0) is 0 Å². The summed E-state index contributed by atoms with van der Waals surface area (Å²) < 4.78 is 0. The Labute approximate surface area is 102 Å². The van der Waals surface area contributed by atoms with Gasteiger partial charge in [0.05, 0.1) is 0 Å². The molecule has 0 aromatic carbocycles. The summed E-state index contributed by atoms with van der Waals surface area (Å²) in [6.07, 6.45) is 2.52. The fourth-order valence-electron chi connectivity index (χ4n) is 1.64. The summed E-state index contributed by atoms with van der Waals surface area (Å²) in [5.41, 5.74) is 3.05. The Morgan fingerprint density at radius 1 is 1.59 bits per heavy atom. The Morgan fingerprint density at radius 3 is 2.82 bits per heavy atom. The summed E-state index contributed by atoms with van der Waals surface area (Å²) in [6, 6.07) is 3.55. The van der Waals surface area contributed by atoms with Crippen LogP contribution in [0.3, 0.4) is 0 Å². The lowest BCUT2D eigenvalue weighted by molar-refractivity contribution is 0.0706. The van der Waals surface area contributed by atoms with Gasteiger partial charge in [0.2, 0.25) is 0 Å². The average Bonchev–Trinajstić information content (AvgIpc) is 2.34. The number of nitrogens with two attached hydrogens (primary N) is 1. The van der Waals surface area contributed by atoms with E-state index in [-0.39, 0.29) is 11.9 Å². The van der Waals surface area contributed by atoms with E-state index in [1.54, 1.807) is 18.3 Å². The van der Waals surface area contributed by atoms with Gasteiger partial charge in [-0.15, -0.1) is 0 Å². The second-order valence-electron chi connectivity index (χ2n) is 4.17. The Kier molecular flexibility index (Phi) is 4.90. The average molecular weight is 236 g/mol. The molecule has 5 nitrogen and oxygen atoms in total. The minimum atomic E-state index is 0.0146. The summed E-state index contributed by atoms with van der Waals surface area (Å²) in [6.45, 7) is 6.83. The molecule has 1 heterocycles. The summed E-state index contributed by atoms with van der Waals surface area (Å²) in [4.78, 5) is 18.1. The maximum atomic E-state index is 12.3. The molecule has 0 aliphatic carbocycles. The van der Waals surface area contributed by atoms with Crippen LogP contribution in [0.25, 0.3) is 0 Å². The molecular weight excluding hydrogens is 216 g/mol. The van der Waals surface area contributed by atoms with Crippen molar-refractivity contribution in [2.24, 2.45) is 5.84 Å². The van der Waals surface area contributed by atoms with Crippen LogP contribution in [0.1, 0.15) is 37.6 Å². The van der Waals surface area contributed by atoms with Crippen molar-refractivity contribution in [3.05, 3.63) is 23.9 Å². The van der Waals surface area contributed by atoms with Crippen molar-refractivity contribution in [3.63, 3.8) is 0 Å². The van der Waals surface area contributed by atoms with E-state index >= 15 is 0 Å². The number of hydrazine groups is 1. The maximum absolute atomic E-state index is 12.3. The Bertz CT molecular complexity index is 379. The molecule has 1 amide bonds. The number of pyridine rings is 1. The lowest BCUT2D eigenvalue weighted by Gasteiger charge is -2.26. The summed E-state index contributed by atoms with van der Waals surface area (Å²) >= 11 is 0. The third-order valence-corrected chi connectivity index (χ3v) is 2.50. The molecule has 5 heteroatoms. The molecule has 1 aromatic heterocycles. The number of nitrogens with zero attached hydrogens (tertiary/aromatic N) is 2. The number of carbonyl (C=O) groups excluding carboxylic acids is 1. The highest BCUT2D eigenvalue weighted by Crippen LogP contribution is 2.11. The van der Waals surface area contributed by atoms with E-state index in [2.05, 4.69) is 17.3 Å². The maximum Gasteiger partial charge on any atom is 0.254 e. The first kappa shape index (κ1) is 13.4. The lowest BCUT2D eigenvalue weighted by Crippen LogP contribution is -2.37. The van der Waals surface area contributed by atoms with E-state index < -0.39 is 0 Å². The Morgan fingerprint density at radius 2 is 2.29 bits per heavy atom. The van der Waals surface area contributed by atoms with Gasteiger partial charge in [-0.05, 0) is 32.4 Å². The van der Waals surface area contributed by atoms with Gasteiger partial charge < -0.3 is 10.3 Å². The number of carbonyl (C=O) groups is 1. The van der Waals surface area contributed by atoms with Gasteiger partial charge >= 0.3 is 0 Å². The molecule has 0 aliphatic heterocycles. The molecule has 0 spiro atoms. The molecule has 17 heavy (non-hydrogen) atoms. The molecule has 0 saturated carbocycles. The number of hydrogen-bond donors (Lipinski definition) is 2. The first-order valence-electron chi connectivity index (χ1n) is 5.83. The first-order valence-corrected chi connectivity index (χ1v) is 5.83. The Hall–Kier alpha value is -1.62. The topological polar surface area (TPSA) is 71.2 Å². The molecule has 0 bridgehead atoms. The standard InChI is InChI=1S/C12H20N4O/c1-4-7-16(9(2)3)12(17)10-5-6-14-11(8-10)15-13/h5-6,8-9H,4,7,13H2,1-3H3,(H,14,15). The van der Waals surface area contributed by atoms with Crippen LogP contribution in [-0.4, -0.2) is 28.4 Å². The van der Waals surface area contributed by atoms with E-state index in [9.17, 15) is 4.79 Å².